The van der Waals surface area contributed by atoms with Crippen molar-refractivity contribution in [3.63, 3.8) is 0 Å². The number of aromatic nitrogens is 3. The van der Waals surface area contributed by atoms with Crippen molar-refractivity contribution in [3.05, 3.63) is 112 Å². The Kier molecular flexibility index (Phi) is 9.15. The van der Waals surface area contributed by atoms with Crippen LogP contribution in [0.3, 0.4) is 0 Å². The molecule has 6 rings (SSSR count). The summed E-state index contributed by atoms with van der Waals surface area (Å²) < 4.78 is 54.5. The molecule has 8 nitrogen and oxygen atoms in total. The van der Waals surface area contributed by atoms with Gasteiger partial charge in [-0.1, -0.05) is 36.1 Å². The fourth-order valence-corrected chi connectivity index (χ4v) is 5.53. The lowest BCUT2D eigenvalue weighted by molar-refractivity contribution is -0.0936. The van der Waals surface area contributed by atoms with Crippen molar-refractivity contribution in [2.75, 3.05) is 13.7 Å². The first-order chi connectivity index (χ1) is 23.1. The summed E-state index contributed by atoms with van der Waals surface area (Å²) in [4.78, 5) is 21.0. The minimum absolute atomic E-state index is 0.0896. The number of hydrogen-bond acceptors (Lipinski definition) is 6. The smallest absolute Gasteiger partial charge is 0.335 e. The molecule has 1 aliphatic carbocycles. The number of imidazole rings is 1. The van der Waals surface area contributed by atoms with E-state index in [9.17, 15) is 23.1 Å². The zero-order chi connectivity index (χ0) is 33.8. The summed E-state index contributed by atoms with van der Waals surface area (Å²) in [7, 11) is 1.58. The first-order valence-corrected chi connectivity index (χ1v) is 15.1. The predicted octanol–water partition coefficient (Wildman–Crippen LogP) is 7.02. The molecule has 2 heterocycles. The van der Waals surface area contributed by atoms with Gasteiger partial charge in [-0.25, -0.2) is 27.9 Å². The van der Waals surface area contributed by atoms with Crippen LogP contribution in [0.15, 0.2) is 72.8 Å². The third-order valence-corrected chi connectivity index (χ3v) is 8.13. The number of methoxy groups -OCH3 is 1. The number of hydrogen-bond donors (Lipinski definition) is 1. The highest BCUT2D eigenvalue weighted by atomic mass is 19.3. The van der Waals surface area contributed by atoms with Gasteiger partial charge in [-0.05, 0) is 48.0 Å². The Morgan fingerprint density at radius 1 is 1.06 bits per heavy atom. The average molecular weight is 651 g/mol. The molecule has 0 unspecified atom stereocenters. The van der Waals surface area contributed by atoms with Crippen LogP contribution in [0.25, 0.3) is 22.3 Å². The number of pyridine rings is 1. The Bertz CT molecular complexity index is 2120. The third kappa shape index (κ3) is 7.17. The maximum atomic E-state index is 14.4. The van der Waals surface area contributed by atoms with Crippen LogP contribution >= 0.6 is 0 Å². The van der Waals surface area contributed by atoms with Crippen molar-refractivity contribution in [1.29, 1.82) is 5.26 Å². The molecule has 11 heteroatoms. The molecular weight excluding hydrogens is 621 g/mol. The largest absolute Gasteiger partial charge is 0.478 e. The molecule has 242 valence electrons. The number of carboxylic acids is 1. The summed E-state index contributed by atoms with van der Waals surface area (Å²) in [5.74, 6) is 2.36. The zero-order valence-corrected chi connectivity index (χ0v) is 25.8. The lowest BCUT2D eigenvalue weighted by atomic mass is 9.82. The summed E-state index contributed by atoms with van der Waals surface area (Å²) in [6.45, 7) is 0.720. The lowest BCUT2D eigenvalue weighted by Crippen LogP contribution is -2.34. The van der Waals surface area contributed by atoms with Gasteiger partial charge in [0, 0.05) is 61.6 Å². The second kappa shape index (κ2) is 13.6. The molecule has 0 saturated heterocycles. The number of benzene rings is 3. The van der Waals surface area contributed by atoms with Crippen molar-refractivity contribution in [2.24, 2.45) is 5.92 Å². The van der Waals surface area contributed by atoms with Crippen molar-refractivity contribution in [1.82, 2.24) is 14.5 Å². The van der Waals surface area contributed by atoms with E-state index < -0.39 is 23.6 Å². The lowest BCUT2D eigenvalue weighted by Gasteiger charge is -2.31. The van der Waals surface area contributed by atoms with Gasteiger partial charge in [-0.3, -0.25) is 0 Å². The highest BCUT2D eigenvalue weighted by Crippen LogP contribution is 2.42. The van der Waals surface area contributed by atoms with E-state index in [4.69, 9.17) is 19.7 Å². The number of ether oxygens (including phenoxy) is 2. The summed E-state index contributed by atoms with van der Waals surface area (Å²) in [5, 5.41) is 18.5. The first-order valence-electron chi connectivity index (χ1n) is 15.1. The minimum atomic E-state index is -2.70. The fraction of sp³-hybridized carbons (Fsp3) is 0.243. The molecule has 1 saturated carbocycles. The second-order valence-electron chi connectivity index (χ2n) is 11.5. The number of nitrogens with zero attached hydrogens (tertiary/aromatic N) is 4. The average Bonchev–Trinajstić information content (AvgIpc) is 3.41. The predicted molar refractivity (Wildman–Crippen MR) is 171 cm³/mol. The molecule has 1 N–H and O–H groups in total. The quantitative estimate of drug-likeness (QED) is 0.162. The highest BCUT2D eigenvalue weighted by Gasteiger charge is 2.44. The van der Waals surface area contributed by atoms with Gasteiger partial charge < -0.3 is 19.1 Å². The molecule has 5 aromatic rings. The van der Waals surface area contributed by atoms with E-state index in [1.807, 2.05) is 28.8 Å². The van der Waals surface area contributed by atoms with E-state index >= 15 is 0 Å². The number of aromatic carboxylic acids is 1. The number of carbonyl (C=O) groups is 1. The van der Waals surface area contributed by atoms with Crippen molar-refractivity contribution in [2.45, 2.75) is 38.3 Å². The monoisotopic (exact) mass is 650 g/mol. The van der Waals surface area contributed by atoms with Crippen molar-refractivity contribution in [3.8, 4) is 35.0 Å². The number of carboxylic acid groups (broad SMARTS) is 1. The standard InChI is InChI=1S/C37H29F3N4O4/c1-47-14-13-44-33-17-28(36(45)46)11-12-32(33)42-34(44)18-26-9-10-27(16-25(26)7-6-24-19-37(39,40)20-24)31-3-2-4-35(43-31)48-22-29-8-5-23(21-41)15-30(29)38/h2-5,8-12,15-17,24H,13-14,18-20,22H2,1H3,(H,45,46). The van der Waals surface area contributed by atoms with Crippen LogP contribution in [-0.2, 0) is 24.3 Å². The molecular formula is C37H29F3N4O4. The topological polar surface area (TPSA) is 110 Å². The van der Waals surface area contributed by atoms with E-state index in [2.05, 4.69) is 16.8 Å². The molecule has 0 bridgehead atoms. The Morgan fingerprint density at radius 2 is 1.88 bits per heavy atom. The normalized spacial score (nSPS) is 13.7. The van der Waals surface area contributed by atoms with E-state index in [1.165, 1.54) is 18.2 Å². The molecule has 0 spiro atoms. The summed E-state index contributed by atoms with van der Waals surface area (Å²) in [5.41, 5.74) is 4.60. The van der Waals surface area contributed by atoms with E-state index in [0.29, 0.717) is 53.3 Å². The van der Waals surface area contributed by atoms with Crippen LogP contribution in [0.4, 0.5) is 13.2 Å². The SMILES string of the molecule is COCCn1c(Cc2ccc(-c3cccc(OCc4ccc(C#N)cc4F)n3)cc2C#CC2CC(F)(F)C2)nc2ccc(C(=O)O)cc21. The number of fused-ring (bicyclic) bond motifs is 1. The van der Waals surface area contributed by atoms with Gasteiger partial charge in [-0.15, -0.1) is 0 Å². The molecule has 2 aromatic heterocycles. The van der Waals surface area contributed by atoms with Gasteiger partial charge >= 0.3 is 5.97 Å². The molecule has 0 radical (unpaired) electrons. The number of halogens is 3. The molecule has 0 atom stereocenters. The van der Waals surface area contributed by atoms with E-state index in [0.717, 1.165) is 11.6 Å². The van der Waals surface area contributed by atoms with Gasteiger partial charge in [-0.2, -0.15) is 5.26 Å². The Hall–Kier alpha value is -5.65. The van der Waals surface area contributed by atoms with Crippen LogP contribution in [0.5, 0.6) is 5.88 Å². The number of alkyl halides is 2. The van der Waals surface area contributed by atoms with Crippen LogP contribution in [0.2, 0.25) is 0 Å². The highest BCUT2D eigenvalue weighted by molar-refractivity contribution is 5.92. The van der Waals surface area contributed by atoms with Gasteiger partial charge in [0.05, 0.1) is 40.5 Å². The third-order valence-electron chi connectivity index (χ3n) is 8.13. The minimum Gasteiger partial charge on any atom is -0.478 e. The molecule has 1 fully saturated rings. The van der Waals surface area contributed by atoms with Crippen LogP contribution in [-0.4, -0.2) is 45.3 Å². The maximum Gasteiger partial charge on any atom is 0.335 e. The second-order valence-corrected chi connectivity index (χ2v) is 11.5. The fourth-order valence-electron chi connectivity index (χ4n) is 5.53. The number of nitriles is 1. The van der Waals surface area contributed by atoms with Gasteiger partial charge in [0.1, 0.15) is 18.2 Å². The maximum absolute atomic E-state index is 14.4. The van der Waals surface area contributed by atoms with Crippen LogP contribution in [0, 0.1) is 34.9 Å². The summed E-state index contributed by atoms with van der Waals surface area (Å²) in [6, 6.07) is 21.6. The molecule has 0 aliphatic heterocycles. The van der Waals surface area contributed by atoms with Crippen LogP contribution < -0.4 is 4.74 Å². The van der Waals surface area contributed by atoms with Crippen molar-refractivity contribution < 1.29 is 32.5 Å². The summed E-state index contributed by atoms with van der Waals surface area (Å²) in [6.07, 6.45) is -0.234. The van der Waals surface area contributed by atoms with E-state index in [-0.39, 0.29) is 42.0 Å². The Morgan fingerprint density at radius 3 is 2.60 bits per heavy atom. The van der Waals surface area contributed by atoms with Crippen molar-refractivity contribution >= 4 is 17.0 Å². The Labute approximate surface area is 274 Å². The molecule has 1 aliphatic rings. The molecule has 0 amide bonds. The van der Waals surface area contributed by atoms with Gasteiger partial charge in [0.15, 0.2) is 0 Å². The zero-order valence-electron chi connectivity index (χ0n) is 25.8. The summed E-state index contributed by atoms with van der Waals surface area (Å²) >= 11 is 0. The Balaban J connectivity index is 1.32. The molecule has 3 aromatic carbocycles. The molecule has 48 heavy (non-hydrogen) atoms. The van der Waals surface area contributed by atoms with Gasteiger partial charge in [0.2, 0.25) is 5.88 Å². The van der Waals surface area contributed by atoms with E-state index in [1.54, 1.807) is 37.4 Å². The number of rotatable bonds is 10. The van der Waals surface area contributed by atoms with Gasteiger partial charge in [0.25, 0.3) is 5.92 Å². The first kappa shape index (κ1) is 32.3. The van der Waals surface area contributed by atoms with Crippen LogP contribution in [0.1, 0.15) is 51.3 Å².